The number of ether oxygens (including phenoxy) is 3. The van der Waals surface area contributed by atoms with Crippen LogP contribution < -0.4 is 15.8 Å². The van der Waals surface area contributed by atoms with E-state index in [1.54, 1.807) is 87.5 Å². The van der Waals surface area contributed by atoms with Gasteiger partial charge in [-0.1, -0.05) is 24.3 Å². The minimum absolute atomic E-state index is 0.0816. The third-order valence-corrected chi connectivity index (χ3v) is 7.26. The van der Waals surface area contributed by atoms with E-state index in [0.717, 1.165) is 5.56 Å². The molecule has 0 heterocycles. The van der Waals surface area contributed by atoms with Gasteiger partial charge in [-0.05, 0) is 86.5 Å². The van der Waals surface area contributed by atoms with Crippen LogP contribution in [0, 0.1) is 5.41 Å². The highest BCUT2D eigenvalue weighted by atomic mass is 32.2. The van der Waals surface area contributed by atoms with E-state index in [1.165, 1.54) is 11.8 Å². The molecular formula is C33H35N3O7S. The molecule has 10 nitrogen and oxygen atoms in total. The second-order valence-electron chi connectivity index (χ2n) is 9.49. The average molecular weight is 618 g/mol. The molecule has 3 rings (SSSR count). The van der Waals surface area contributed by atoms with Crippen molar-refractivity contribution in [3.63, 3.8) is 0 Å². The summed E-state index contributed by atoms with van der Waals surface area (Å²) in [5.41, 5.74) is 8.73. The van der Waals surface area contributed by atoms with Gasteiger partial charge in [-0.2, -0.15) is 11.8 Å². The van der Waals surface area contributed by atoms with Crippen molar-refractivity contribution >= 4 is 47.5 Å². The Bertz CT molecular complexity index is 1500. The number of hydrogen-bond donors (Lipinski definition) is 3. The molecule has 0 saturated heterocycles. The summed E-state index contributed by atoms with van der Waals surface area (Å²) in [6, 6.07) is 19.0. The number of amidine groups is 1. The second kappa shape index (κ2) is 16.7. The quantitative estimate of drug-likeness (QED) is 0.0763. The maximum atomic E-state index is 13.0. The van der Waals surface area contributed by atoms with Gasteiger partial charge in [-0.3, -0.25) is 10.2 Å². The molecule has 4 N–H and O–H groups in total. The van der Waals surface area contributed by atoms with Crippen LogP contribution in [0.4, 0.5) is 0 Å². The highest BCUT2D eigenvalue weighted by molar-refractivity contribution is 7.98. The Morgan fingerprint density at radius 3 is 2.00 bits per heavy atom. The number of benzene rings is 3. The van der Waals surface area contributed by atoms with Gasteiger partial charge < -0.3 is 25.3 Å². The molecule has 0 fully saturated rings. The van der Waals surface area contributed by atoms with E-state index in [9.17, 15) is 19.2 Å². The predicted octanol–water partition coefficient (Wildman–Crippen LogP) is 4.75. The minimum Gasteiger partial charge on any atom is -0.464 e. The van der Waals surface area contributed by atoms with Crippen molar-refractivity contribution in [2.45, 2.75) is 32.6 Å². The van der Waals surface area contributed by atoms with Gasteiger partial charge in [0.15, 0.2) is 0 Å². The molecule has 230 valence electrons. The largest absolute Gasteiger partial charge is 0.464 e. The second-order valence-corrected chi connectivity index (χ2v) is 10.5. The van der Waals surface area contributed by atoms with Crippen molar-refractivity contribution in [3.05, 3.63) is 106 Å². The number of hydrogen-bond acceptors (Lipinski definition) is 9. The summed E-state index contributed by atoms with van der Waals surface area (Å²) in [7, 11) is 0. The van der Waals surface area contributed by atoms with Crippen molar-refractivity contribution in [2.75, 3.05) is 19.0 Å². The summed E-state index contributed by atoms with van der Waals surface area (Å²) in [6.45, 7) is 5.55. The zero-order valence-electron chi connectivity index (χ0n) is 24.8. The summed E-state index contributed by atoms with van der Waals surface area (Å²) in [5, 5.41) is 10.2. The number of nitrogens with one attached hydrogen (secondary N) is 2. The maximum Gasteiger partial charge on any atom is 0.343 e. The molecular weight excluding hydrogens is 582 g/mol. The van der Waals surface area contributed by atoms with E-state index in [1.807, 2.05) is 12.1 Å². The van der Waals surface area contributed by atoms with E-state index in [0.29, 0.717) is 45.9 Å². The first-order valence-corrected chi connectivity index (χ1v) is 15.0. The molecule has 44 heavy (non-hydrogen) atoms. The van der Waals surface area contributed by atoms with Crippen LogP contribution in [0.25, 0.3) is 6.08 Å². The van der Waals surface area contributed by atoms with E-state index in [4.69, 9.17) is 25.4 Å². The lowest BCUT2D eigenvalue weighted by atomic mass is 10.1. The highest BCUT2D eigenvalue weighted by Crippen LogP contribution is 2.18. The zero-order chi connectivity index (χ0) is 32.1. The van der Waals surface area contributed by atoms with Crippen LogP contribution in [-0.2, 0) is 24.8 Å². The smallest absolute Gasteiger partial charge is 0.343 e. The molecule has 0 aliphatic carbocycles. The first kappa shape index (κ1) is 33.6. The van der Waals surface area contributed by atoms with Gasteiger partial charge in [0.2, 0.25) is 5.91 Å². The van der Waals surface area contributed by atoms with Crippen LogP contribution in [0.5, 0.6) is 5.75 Å². The molecule has 0 aliphatic rings. The maximum absolute atomic E-state index is 13.0. The molecule has 1 amide bonds. The number of esters is 3. The highest BCUT2D eigenvalue weighted by Gasteiger charge is 2.23. The fourth-order valence-corrected chi connectivity index (χ4v) is 4.83. The van der Waals surface area contributed by atoms with Crippen molar-refractivity contribution in [1.82, 2.24) is 5.32 Å². The fraction of sp³-hybridized carbons (Fsp3) is 0.242. The minimum atomic E-state index is -0.865. The van der Waals surface area contributed by atoms with E-state index >= 15 is 0 Å². The fourth-order valence-electron chi connectivity index (χ4n) is 3.83. The standard InChI is InChI=1S/C33H35N3O7S/c1-4-41-31(38)25-12-8-23(9-13-25)19-44-20-28(33(40)42-5-2)36-30(37)21(3)18-22-6-10-26(11-7-22)32(39)43-27-16-14-24(15-17-27)29(34)35/h6-18,28H,4-5,19-20H2,1-3H3,(H3,34,35)(H,36,37)/t28-/m0/s1. The molecule has 0 aliphatic heterocycles. The monoisotopic (exact) mass is 617 g/mol. The number of carbonyl (C=O) groups is 4. The first-order valence-electron chi connectivity index (χ1n) is 13.9. The Hall–Kier alpha value is -4.90. The van der Waals surface area contributed by atoms with Gasteiger partial charge in [-0.15, -0.1) is 0 Å². The lowest BCUT2D eigenvalue weighted by molar-refractivity contribution is -0.146. The SMILES string of the molecule is CCOC(=O)c1ccc(CSC[C@H](NC(=O)C(C)=Cc2ccc(C(=O)Oc3ccc(C(=N)N)cc3)cc2)C(=O)OCC)cc1. The van der Waals surface area contributed by atoms with Crippen LogP contribution in [-0.4, -0.2) is 54.7 Å². The molecule has 3 aromatic rings. The third-order valence-electron chi connectivity index (χ3n) is 6.16. The van der Waals surface area contributed by atoms with Crippen LogP contribution in [0.2, 0.25) is 0 Å². The number of amides is 1. The summed E-state index contributed by atoms with van der Waals surface area (Å²) < 4.78 is 15.5. The molecule has 3 aromatic carbocycles. The Morgan fingerprint density at radius 2 is 1.41 bits per heavy atom. The first-order chi connectivity index (χ1) is 21.1. The van der Waals surface area contributed by atoms with Crippen LogP contribution in [0.15, 0.2) is 78.4 Å². The van der Waals surface area contributed by atoms with Gasteiger partial charge in [0.25, 0.3) is 0 Å². The van der Waals surface area contributed by atoms with Gasteiger partial charge >= 0.3 is 17.9 Å². The topological polar surface area (TPSA) is 158 Å². The summed E-state index contributed by atoms with van der Waals surface area (Å²) >= 11 is 1.45. The zero-order valence-corrected chi connectivity index (χ0v) is 25.6. The van der Waals surface area contributed by atoms with Gasteiger partial charge in [0.05, 0.1) is 24.3 Å². The normalized spacial score (nSPS) is 11.7. The molecule has 0 radical (unpaired) electrons. The van der Waals surface area contributed by atoms with E-state index < -0.39 is 23.9 Å². The number of thioether (sulfide) groups is 1. The molecule has 0 saturated carbocycles. The van der Waals surface area contributed by atoms with Crippen molar-refractivity contribution in [3.8, 4) is 5.75 Å². The van der Waals surface area contributed by atoms with Gasteiger partial charge in [0, 0.05) is 22.6 Å². The molecule has 0 aromatic heterocycles. The van der Waals surface area contributed by atoms with Gasteiger partial charge in [0.1, 0.15) is 17.6 Å². The van der Waals surface area contributed by atoms with Gasteiger partial charge in [-0.25, -0.2) is 14.4 Å². The molecule has 11 heteroatoms. The Balaban J connectivity index is 1.57. The number of rotatable bonds is 14. The lowest BCUT2D eigenvalue weighted by Gasteiger charge is -2.17. The van der Waals surface area contributed by atoms with E-state index in [2.05, 4.69) is 5.32 Å². The average Bonchev–Trinajstić information content (AvgIpc) is 3.01. The molecule has 0 spiro atoms. The van der Waals surface area contributed by atoms with Crippen molar-refractivity contribution in [1.29, 1.82) is 5.41 Å². The van der Waals surface area contributed by atoms with Crippen LogP contribution >= 0.6 is 11.8 Å². The Morgan fingerprint density at radius 1 is 0.841 bits per heavy atom. The van der Waals surface area contributed by atoms with Crippen LogP contribution in [0.3, 0.4) is 0 Å². The molecule has 0 unspecified atom stereocenters. The van der Waals surface area contributed by atoms with E-state index in [-0.39, 0.29) is 24.2 Å². The number of carbonyl (C=O) groups excluding carboxylic acids is 4. The van der Waals surface area contributed by atoms with Crippen LogP contribution in [0.1, 0.15) is 58.2 Å². The molecule has 1 atom stereocenters. The Kier molecular flexibility index (Phi) is 12.7. The molecule has 0 bridgehead atoms. The summed E-state index contributed by atoms with van der Waals surface area (Å²) in [5.74, 6) is -0.825. The summed E-state index contributed by atoms with van der Waals surface area (Å²) in [4.78, 5) is 49.9. The number of nitrogens with two attached hydrogens (primary N) is 1. The van der Waals surface area contributed by atoms with Crippen molar-refractivity contribution in [2.24, 2.45) is 5.73 Å². The van der Waals surface area contributed by atoms with Crippen molar-refractivity contribution < 1.29 is 33.4 Å². The Labute approximate surface area is 260 Å². The predicted molar refractivity (Wildman–Crippen MR) is 170 cm³/mol. The summed E-state index contributed by atoms with van der Waals surface area (Å²) in [6.07, 6.45) is 1.64. The number of nitrogen functional groups attached to an aromatic ring is 1. The third kappa shape index (κ3) is 10.1. The lowest BCUT2D eigenvalue weighted by Crippen LogP contribution is -2.44.